The van der Waals surface area contributed by atoms with Crippen LogP contribution in [-0.4, -0.2) is 11.1 Å². The summed E-state index contributed by atoms with van der Waals surface area (Å²) in [7, 11) is 1.87. The van der Waals surface area contributed by atoms with Crippen LogP contribution in [0.15, 0.2) is 30.5 Å². The van der Waals surface area contributed by atoms with Gasteiger partial charge in [0.05, 0.1) is 0 Å². The average Bonchev–Trinajstić information content (AvgIpc) is 2.77. The van der Waals surface area contributed by atoms with Gasteiger partial charge in [-0.2, -0.15) is 5.26 Å². The van der Waals surface area contributed by atoms with E-state index in [4.69, 9.17) is 5.26 Å². The largest absolute Gasteiger partial charge is 0.342 e. The van der Waals surface area contributed by atoms with Crippen LogP contribution in [0.5, 0.6) is 0 Å². The Bertz CT molecular complexity index is 638. The van der Waals surface area contributed by atoms with Crippen molar-refractivity contribution in [2.45, 2.75) is 19.9 Å². The molecule has 0 fully saturated rings. The standard InChI is InChI=1S/C16H18FN3/c1-12-7-15(17)4-3-14(12)5-6-19-10-13-8-16(9-18)20(2)11-13/h3-4,7-8,11,19H,5-6,10H2,1-2H3. The van der Waals surface area contributed by atoms with Gasteiger partial charge in [0.1, 0.15) is 17.6 Å². The van der Waals surface area contributed by atoms with Gasteiger partial charge in [-0.25, -0.2) is 4.39 Å². The molecule has 1 heterocycles. The Balaban J connectivity index is 1.83. The van der Waals surface area contributed by atoms with Gasteiger partial charge in [-0.15, -0.1) is 0 Å². The molecule has 1 aromatic heterocycles. The van der Waals surface area contributed by atoms with Gasteiger partial charge in [0.2, 0.25) is 0 Å². The third-order valence-electron chi connectivity index (χ3n) is 3.38. The minimum atomic E-state index is -0.187. The number of hydrogen-bond acceptors (Lipinski definition) is 2. The van der Waals surface area contributed by atoms with Crippen molar-refractivity contribution >= 4 is 0 Å². The first-order chi connectivity index (χ1) is 9.60. The van der Waals surface area contributed by atoms with Gasteiger partial charge in [-0.05, 0) is 54.8 Å². The molecule has 4 heteroatoms. The number of nitriles is 1. The molecular formula is C16H18FN3. The SMILES string of the molecule is Cc1cc(F)ccc1CCNCc1cc(C#N)n(C)c1. The van der Waals surface area contributed by atoms with Crippen molar-refractivity contribution < 1.29 is 4.39 Å². The predicted octanol–water partition coefficient (Wildman–Crippen LogP) is 2.68. The number of benzene rings is 1. The fraction of sp³-hybridized carbons (Fsp3) is 0.312. The molecule has 2 aromatic rings. The lowest BCUT2D eigenvalue weighted by Crippen LogP contribution is -2.16. The molecule has 0 aliphatic heterocycles. The summed E-state index contributed by atoms with van der Waals surface area (Å²) in [5, 5.41) is 12.2. The summed E-state index contributed by atoms with van der Waals surface area (Å²) in [5.74, 6) is -0.187. The molecule has 0 radical (unpaired) electrons. The lowest BCUT2D eigenvalue weighted by Gasteiger charge is -2.07. The molecule has 0 unspecified atom stereocenters. The first-order valence-corrected chi connectivity index (χ1v) is 6.61. The lowest BCUT2D eigenvalue weighted by molar-refractivity contribution is 0.624. The number of nitrogens with one attached hydrogen (secondary N) is 1. The second-order valence-corrected chi connectivity index (χ2v) is 4.95. The number of hydrogen-bond donors (Lipinski definition) is 1. The summed E-state index contributed by atoms with van der Waals surface area (Å²) in [6.45, 7) is 3.48. The Hall–Kier alpha value is -2.12. The molecule has 0 aliphatic rings. The highest BCUT2D eigenvalue weighted by molar-refractivity contribution is 5.28. The van der Waals surface area contributed by atoms with E-state index >= 15 is 0 Å². The molecule has 0 saturated heterocycles. The molecule has 0 bridgehead atoms. The fourth-order valence-electron chi connectivity index (χ4n) is 2.24. The van der Waals surface area contributed by atoms with Crippen molar-refractivity contribution in [2.75, 3.05) is 6.54 Å². The van der Waals surface area contributed by atoms with Crippen LogP contribution in [-0.2, 0) is 20.0 Å². The van der Waals surface area contributed by atoms with Gasteiger partial charge in [0, 0.05) is 19.8 Å². The highest BCUT2D eigenvalue weighted by atomic mass is 19.1. The predicted molar refractivity (Wildman–Crippen MR) is 76.7 cm³/mol. The Labute approximate surface area is 118 Å². The fourth-order valence-corrected chi connectivity index (χ4v) is 2.24. The summed E-state index contributed by atoms with van der Waals surface area (Å²) in [4.78, 5) is 0. The maximum Gasteiger partial charge on any atom is 0.123 e. The van der Waals surface area contributed by atoms with E-state index in [0.29, 0.717) is 5.69 Å². The van der Waals surface area contributed by atoms with Crippen LogP contribution in [0.1, 0.15) is 22.4 Å². The number of nitrogens with zero attached hydrogens (tertiary/aromatic N) is 2. The van der Waals surface area contributed by atoms with Gasteiger partial charge in [-0.3, -0.25) is 0 Å². The molecule has 104 valence electrons. The van der Waals surface area contributed by atoms with Crippen molar-refractivity contribution in [1.82, 2.24) is 9.88 Å². The summed E-state index contributed by atoms with van der Waals surface area (Å²) >= 11 is 0. The molecule has 20 heavy (non-hydrogen) atoms. The summed E-state index contributed by atoms with van der Waals surface area (Å²) in [6, 6.07) is 8.93. The zero-order valence-electron chi connectivity index (χ0n) is 11.8. The maximum atomic E-state index is 13.0. The zero-order chi connectivity index (χ0) is 14.5. The van der Waals surface area contributed by atoms with E-state index in [2.05, 4.69) is 11.4 Å². The molecule has 3 nitrogen and oxygen atoms in total. The third kappa shape index (κ3) is 3.46. The smallest absolute Gasteiger partial charge is 0.123 e. The molecule has 0 amide bonds. The van der Waals surface area contributed by atoms with Crippen molar-refractivity contribution in [3.63, 3.8) is 0 Å². The van der Waals surface area contributed by atoms with Crippen LogP contribution in [0.2, 0.25) is 0 Å². The number of aromatic nitrogens is 1. The Kier molecular flexibility index (Phi) is 4.54. The van der Waals surface area contributed by atoms with Crippen LogP contribution < -0.4 is 5.32 Å². The highest BCUT2D eigenvalue weighted by Crippen LogP contribution is 2.10. The van der Waals surface area contributed by atoms with E-state index in [9.17, 15) is 4.39 Å². The van der Waals surface area contributed by atoms with Crippen molar-refractivity contribution in [2.24, 2.45) is 7.05 Å². The van der Waals surface area contributed by atoms with Gasteiger partial charge in [0.15, 0.2) is 0 Å². The van der Waals surface area contributed by atoms with Gasteiger partial charge in [0.25, 0.3) is 0 Å². The number of aryl methyl sites for hydroxylation is 2. The van der Waals surface area contributed by atoms with E-state index < -0.39 is 0 Å². The quantitative estimate of drug-likeness (QED) is 0.849. The van der Waals surface area contributed by atoms with Crippen LogP contribution in [0.4, 0.5) is 4.39 Å². The van der Waals surface area contributed by atoms with Crippen LogP contribution in [0.3, 0.4) is 0 Å². The second-order valence-electron chi connectivity index (χ2n) is 4.95. The van der Waals surface area contributed by atoms with Crippen LogP contribution in [0, 0.1) is 24.1 Å². The summed E-state index contributed by atoms with van der Waals surface area (Å²) in [6.07, 6.45) is 2.82. The van der Waals surface area contributed by atoms with E-state index in [1.165, 1.54) is 6.07 Å². The maximum absolute atomic E-state index is 13.0. The first kappa shape index (κ1) is 14.3. The van der Waals surface area contributed by atoms with Gasteiger partial charge in [-0.1, -0.05) is 6.07 Å². The molecule has 0 saturated carbocycles. The van der Waals surface area contributed by atoms with Gasteiger partial charge < -0.3 is 9.88 Å². The van der Waals surface area contributed by atoms with Crippen molar-refractivity contribution in [3.8, 4) is 6.07 Å². The molecular weight excluding hydrogens is 253 g/mol. The molecule has 1 aromatic carbocycles. The molecule has 2 rings (SSSR count). The number of rotatable bonds is 5. The van der Waals surface area contributed by atoms with E-state index in [1.807, 2.05) is 36.9 Å². The van der Waals surface area contributed by atoms with E-state index in [1.54, 1.807) is 6.07 Å². The van der Waals surface area contributed by atoms with Gasteiger partial charge >= 0.3 is 0 Å². The highest BCUT2D eigenvalue weighted by Gasteiger charge is 2.03. The van der Waals surface area contributed by atoms with Crippen LogP contribution in [0.25, 0.3) is 0 Å². The molecule has 0 atom stereocenters. The Morgan fingerprint density at radius 2 is 2.15 bits per heavy atom. The van der Waals surface area contributed by atoms with E-state index in [-0.39, 0.29) is 5.82 Å². The second kappa shape index (κ2) is 6.36. The topological polar surface area (TPSA) is 40.8 Å². The van der Waals surface area contributed by atoms with Crippen LogP contribution >= 0.6 is 0 Å². The number of halogens is 1. The molecule has 0 spiro atoms. The van der Waals surface area contributed by atoms with Crippen molar-refractivity contribution in [3.05, 3.63) is 58.7 Å². The first-order valence-electron chi connectivity index (χ1n) is 6.61. The van der Waals surface area contributed by atoms with E-state index in [0.717, 1.165) is 36.2 Å². The van der Waals surface area contributed by atoms with Crippen molar-refractivity contribution in [1.29, 1.82) is 5.26 Å². The summed E-state index contributed by atoms with van der Waals surface area (Å²) in [5.41, 5.74) is 3.90. The monoisotopic (exact) mass is 271 g/mol. The lowest BCUT2D eigenvalue weighted by atomic mass is 10.1. The molecule has 0 aliphatic carbocycles. The summed E-state index contributed by atoms with van der Waals surface area (Å²) < 4.78 is 14.8. The minimum absolute atomic E-state index is 0.187. The minimum Gasteiger partial charge on any atom is -0.342 e. The Morgan fingerprint density at radius 3 is 2.80 bits per heavy atom. The average molecular weight is 271 g/mol. The normalized spacial score (nSPS) is 10.5. The zero-order valence-corrected chi connectivity index (χ0v) is 11.8. The molecule has 1 N–H and O–H groups in total. The third-order valence-corrected chi connectivity index (χ3v) is 3.38. The Morgan fingerprint density at radius 1 is 1.35 bits per heavy atom.